The van der Waals surface area contributed by atoms with Gasteiger partial charge in [0.05, 0.1) is 12.0 Å². The van der Waals surface area contributed by atoms with E-state index in [0.29, 0.717) is 17.9 Å². The van der Waals surface area contributed by atoms with Crippen molar-refractivity contribution in [2.75, 3.05) is 17.3 Å². The van der Waals surface area contributed by atoms with Gasteiger partial charge in [-0.2, -0.15) is 4.72 Å². The number of anilines is 2. The van der Waals surface area contributed by atoms with Crippen molar-refractivity contribution >= 4 is 33.2 Å². The maximum absolute atomic E-state index is 13.1. The first-order valence-corrected chi connectivity index (χ1v) is 11.9. The molecule has 8 nitrogen and oxygen atoms in total. The summed E-state index contributed by atoms with van der Waals surface area (Å²) in [5.41, 5.74) is 2.02. The number of methoxy groups -OCH3 is 1. The zero-order chi connectivity index (χ0) is 23.6. The maximum Gasteiger partial charge on any atom is 0.242 e. The highest BCUT2D eigenvalue weighted by Gasteiger charge is 2.32. The topological polar surface area (TPSA) is 105 Å². The zero-order valence-corrected chi connectivity index (χ0v) is 19.7. The van der Waals surface area contributed by atoms with E-state index in [2.05, 4.69) is 10.0 Å². The quantitative estimate of drug-likeness (QED) is 0.662. The molecule has 2 aromatic carbocycles. The molecule has 0 aromatic heterocycles. The summed E-state index contributed by atoms with van der Waals surface area (Å²) in [6, 6.07) is 10.5. The third-order valence-corrected chi connectivity index (χ3v) is 6.92. The van der Waals surface area contributed by atoms with Crippen LogP contribution in [0.15, 0.2) is 47.4 Å². The van der Waals surface area contributed by atoms with Crippen LogP contribution in [-0.2, 0) is 26.0 Å². The lowest BCUT2D eigenvalue weighted by atomic mass is 10.0. The predicted octanol–water partition coefficient (Wildman–Crippen LogP) is 2.93. The summed E-state index contributed by atoms with van der Waals surface area (Å²) in [4.78, 5) is 26.5. The van der Waals surface area contributed by atoms with Crippen LogP contribution in [0.4, 0.5) is 11.4 Å². The second kappa shape index (κ2) is 9.30. The number of benzene rings is 2. The van der Waals surface area contributed by atoms with Crippen LogP contribution in [0.1, 0.15) is 33.3 Å². The first-order valence-electron chi connectivity index (χ1n) is 10.4. The number of carbonyl (C=O) groups is 2. The Labute approximate surface area is 189 Å². The van der Waals surface area contributed by atoms with Crippen LogP contribution in [-0.4, -0.2) is 39.4 Å². The van der Waals surface area contributed by atoms with Gasteiger partial charge in [-0.3, -0.25) is 9.59 Å². The molecule has 2 N–H and O–H groups in total. The summed E-state index contributed by atoms with van der Waals surface area (Å²) in [6.07, 6.45) is 0.572. The normalized spacial score (nSPS) is 16.6. The summed E-state index contributed by atoms with van der Waals surface area (Å²) < 4.78 is 33.9. The molecule has 1 aliphatic rings. The van der Waals surface area contributed by atoms with Crippen molar-refractivity contribution in [1.82, 2.24) is 4.72 Å². The number of rotatable bonds is 7. The highest BCUT2D eigenvalue weighted by molar-refractivity contribution is 7.89. The molecule has 9 heteroatoms. The second-order valence-electron chi connectivity index (χ2n) is 8.30. The van der Waals surface area contributed by atoms with E-state index in [0.717, 1.165) is 11.3 Å². The highest BCUT2D eigenvalue weighted by atomic mass is 32.2. The Morgan fingerprint density at radius 3 is 2.50 bits per heavy atom. The fourth-order valence-corrected chi connectivity index (χ4v) is 5.30. The Morgan fingerprint density at radius 2 is 1.88 bits per heavy atom. The van der Waals surface area contributed by atoms with Crippen LogP contribution in [0, 0.1) is 5.92 Å². The smallest absolute Gasteiger partial charge is 0.242 e. The van der Waals surface area contributed by atoms with Gasteiger partial charge < -0.3 is 15.0 Å². The maximum atomic E-state index is 13.1. The minimum atomic E-state index is -3.97. The third-order valence-electron chi connectivity index (χ3n) is 5.48. The average molecular weight is 460 g/mol. The molecule has 1 aliphatic heterocycles. The number of hydrogen-bond acceptors (Lipinski definition) is 5. The van der Waals surface area contributed by atoms with Crippen molar-refractivity contribution in [1.29, 1.82) is 0 Å². The van der Waals surface area contributed by atoms with Crippen molar-refractivity contribution in [3.63, 3.8) is 0 Å². The van der Waals surface area contributed by atoms with E-state index >= 15 is 0 Å². The number of carbonyl (C=O) groups excluding carboxylic acids is 2. The van der Waals surface area contributed by atoms with Gasteiger partial charge in [0.1, 0.15) is 11.8 Å². The molecular formula is C23H29N3O5S. The Kier molecular flexibility index (Phi) is 6.90. The predicted molar refractivity (Wildman–Crippen MR) is 123 cm³/mol. The zero-order valence-electron chi connectivity index (χ0n) is 18.9. The highest BCUT2D eigenvalue weighted by Crippen LogP contribution is 2.34. The largest absolute Gasteiger partial charge is 0.497 e. The molecule has 0 fully saturated rings. The van der Waals surface area contributed by atoms with Crippen molar-refractivity contribution in [3.05, 3.63) is 48.0 Å². The summed E-state index contributed by atoms with van der Waals surface area (Å²) in [6.45, 7) is 6.96. The van der Waals surface area contributed by atoms with Crippen molar-refractivity contribution in [2.24, 2.45) is 5.92 Å². The number of ether oxygens (including phenoxy) is 1. The van der Waals surface area contributed by atoms with E-state index in [-0.39, 0.29) is 22.8 Å². The fraction of sp³-hybridized carbons (Fsp3) is 0.391. The molecule has 0 spiro atoms. The molecule has 32 heavy (non-hydrogen) atoms. The summed E-state index contributed by atoms with van der Waals surface area (Å²) in [5, 5.41) is 2.75. The number of sulfonamides is 1. The van der Waals surface area contributed by atoms with Crippen LogP contribution in [0.3, 0.4) is 0 Å². The Morgan fingerprint density at radius 1 is 1.16 bits per heavy atom. The molecule has 0 aliphatic carbocycles. The number of nitrogens with one attached hydrogen (secondary N) is 2. The van der Waals surface area contributed by atoms with Gasteiger partial charge in [0.25, 0.3) is 0 Å². The average Bonchev–Trinajstić information content (AvgIpc) is 3.07. The number of hydrogen-bond donors (Lipinski definition) is 2. The van der Waals surface area contributed by atoms with Gasteiger partial charge in [-0.05, 0) is 55.2 Å². The standard InChI is InChI=1S/C23H29N3O5S/c1-14(2)22(23(28)24-18-7-6-8-19(13-18)31-5)25-32(29,30)20-9-10-21-17(12-20)11-15(3)26(21)16(4)27/h6-10,12-15,22,25H,11H2,1-5H3,(H,24,28). The van der Waals surface area contributed by atoms with Crippen LogP contribution >= 0.6 is 0 Å². The Balaban J connectivity index is 1.82. The van der Waals surface area contributed by atoms with Crippen molar-refractivity contribution in [2.45, 2.75) is 51.1 Å². The molecule has 2 unspecified atom stereocenters. The van der Waals surface area contributed by atoms with Crippen LogP contribution < -0.4 is 19.7 Å². The lowest BCUT2D eigenvalue weighted by Gasteiger charge is -2.22. The van der Waals surface area contributed by atoms with Gasteiger partial charge in [-0.1, -0.05) is 19.9 Å². The Hall–Kier alpha value is -2.91. The SMILES string of the molecule is COc1cccc(NC(=O)C(NS(=O)(=O)c2ccc3c(c2)CC(C)N3C(C)=O)C(C)C)c1. The lowest BCUT2D eigenvalue weighted by Crippen LogP contribution is -2.47. The van der Waals surface area contributed by atoms with Crippen molar-refractivity contribution in [3.8, 4) is 5.75 Å². The van der Waals surface area contributed by atoms with E-state index in [9.17, 15) is 18.0 Å². The van der Waals surface area contributed by atoms with E-state index in [1.165, 1.54) is 20.1 Å². The molecule has 2 aromatic rings. The first-order chi connectivity index (χ1) is 15.0. The van der Waals surface area contributed by atoms with E-state index in [4.69, 9.17) is 4.74 Å². The first kappa shape index (κ1) is 23.7. The lowest BCUT2D eigenvalue weighted by molar-refractivity contribution is -0.118. The molecule has 0 saturated carbocycles. The summed E-state index contributed by atoms with van der Waals surface area (Å²) >= 11 is 0. The number of nitrogens with zero attached hydrogens (tertiary/aromatic N) is 1. The monoisotopic (exact) mass is 459 g/mol. The van der Waals surface area contributed by atoms with Crippen LogP contribution in [0.25, 0.3) is 0 Å². The van der Waals surface area contributed by atoms with Crippen LogP contribution in [0.2, 0.25) is 0 Å². The van der Waals surface area contributed by atoms with Gasteiger partial charge in [-0.15, -0.1) is 0 Å². The van der Waals surface area contributed by atoms with Crippen LogP contribution in [0.5, 0.6) is 5.75 Å². The summed E-state index contributed by atoms with van der Waals surface area (Å²) in [7, 11) is -2.44. The molecule has 1 heterocycles. The van der Waals surface area contributed by atoms with Gasteiger partial charge in [0, 0.05) is 30.4 Å². The fourth-order valence-electron chi connectivity index (χ4n) is 3.90. The minimum absolute atomic E-state index is 0.0366. The molecular weight excluding hydrogens is 430 g/mol. The molecule has 0 radical (unpaired) electrons. The molecule has 0 saturated heterocycles. The molecule has 2 atom stereocenters. The van der Waals surface area contributed by atoms with Gasteiger partial charge in [0.2, 0.25) is 21.8 Å². The second-order valence-corrected chi connectivity index (χ2v) is 10.0. The molecule has 2 amide bonds. The summed E-state index contributed by atoms with van der Waals surface area (Å²) in [5.74, 6) is -0.261. The van der Waals surface area contributed by atoms with E-state index < -0.39 is 22.0 Å². The van der Waals surface area contributed by atoms with Crippen molar-refractivity contribution < 1.29 is 22.7 Å². The molecule has 0 bridgehead atoms. The van der Waals surface area contributed by atoms with E-state index in [1.54, 1.807) is 55.1 Å². The molecule has 172 valence electrons. The van der Waals surface area contributed by atoms with Gasteiger partial charge >= 0.3 is 0 Å². The van der Waals surface area contributed by atoms with Gasteiger partial charge in [0.15, 0.2) is 0 Å². The number of fused-ring (bicyclic) bond motifs is 1. The van der Waals surface area contributed by atoms with E-state index in [1.807, 2.05) is 6.92 Å². The minimum Gasteiger partial charge on any atom is -0.497 e. The van der Waals surface area contributed by atoms with Gasteiger partial charge in [-0.25, -0.2) is 8.42 Å². The Bertz CT molecular complexity index is 1130. The molecule has 3 rings (SSSR count). The number of amides is 2. The third kappa shape index (κ3) is 4.94.